The van der Waals surface area contributed by atoms with Crippen LogP contribution in [0.3, 0.4) is 0 Å². The Morgan fingerprint density at radius 1 is 1.40 bits per heavy atom. The molecular weight excluding hydrogens is 286 g/mol. The molecule has 2 rings (SSSR count). The number of nitro groups is 1. The molecular formula is C11H15N3O5S. The molecule has 1 atom stereocenters. The summed E-state index contributed by atoms with van der Waals surface area (Å²) in [5.74, 6) is 0. The molecule has 8 nitrogen and oxygen atoms in total. The smallest absolute Gasteiger partial charge is 0.269 e. The van der Waals surface area contributed by atoms with Crippen LogP contribution < -0.4 is 5.32 Å². The van der Waals surface area contributed by atoms with E-state index >= 15 is 0 Å². The highest BCUT2D eigenvalue weighted by Crippen LogP contribution is 2.21. The monoisotopic (exact) mass is 301 g/mol. The predicted octanol–water partition coefficient (Wildman–Crippen LogP) is -0.450. The number of sulfonamides is 1. The van der Waals surface area contributed by atoms with Gasteiger partial charge in [-0.2, -0.15) is 4.31 Å². The third-order valence-electron chi connectivity index (χ3n) is 3.16. The van der Waals surface area contributed by atoms with Gasteiger partial charge in [-0.05, 0) is 12.1 Å². The largest absolute Gasteiger partial charge is 0.395 e. The van der Waals surface area contributed by atoms with E-state index in [1.807, 2.05) is 0 Å². The standard InChI is InChI=1S/C11H15N3O5S/c15-8-10-7-12-5-6-13(10)20(18,19)11-3-1-9(2-4-11)14(16)17/h1-4,10,12,15H,5-8H2/t10-/m0/s1. The molecule has 0 bridgehead atoms. The third-order valence-corrected chi connectivity index (χ3v) is 5.13. The lowest BCUT2D eigenvalue weighted by atomic mass is 10.2. The topological polar surface area (TPSA) is 113 Å². The molecule has 1 saturated heterocycles. The molecule has 0 amide bonds. The second kappa shape index (κ2) is 5.83. The van der Waals surface area contributed by atoms with Gasteiger partial charge in [0.15, 0.2) is 0 Å². The van der Waals surface area contributed by atoms with Crippen molar-refractivity contribution in [1.82, 2.24) is 9.62 Å². The van der Waals surface area contributed by atoms with E-state index in [1.54, 1.807) is 0 Å². The van der Waals surface area contributed by atoms with E-state index in [1.165, 1.54) is 16.4 Å². The van der Waals surface area contributed by atoms with Crippen molar-refractivity contribution >= 4 is 15.7 Å². The summed E-state index contributed by atoms with van der Waals surface area (Å²) >= 11 is 0. The van der Waals surface area contributed by atoms with Gasteiger partial charge in [0, 0.05) is 31.8 Å². The Morgan fingerprint density at radius 3 is 2.60 bits per heavy atom. The van der Waals surface area contributed by atoms with Gasteiger partial charge in [0.25, 0.3) is 5.69 Å². The quantitative estimate of drug-likeness (QED) is 0.575. The van der Waals surface area contributed by atoms with E-state index in [-0.39, 0.29) is 23.7 Å². The first kappa shape index (κ1) is 14.9. The minimum Gasteiger partial charge on any atom is -0.395 e. The molecule has 0 saturated carbocycles. The highest BCUT2D eigenvalue weighted by atomic mass is 32.2. The van der Waals surface area contributed by atoms with Crippen LogP contribution in [0.5, 0.6) is 0 Å². The number of rotatable bonds is 4. The van der Waals surface area contributed by atoms with Crippen molar-refractivity contribution in [2.75, 3.05) is 26.2 Å². The second-order valence-electron chi connectivity index (χ2n) is 4.41. The van der Waals surface area contributed by atoms with Crippen LogP contribution in [-0.2, 0) is 10.0 Å². The van der Waals surface area contributed by atoms with Gasteiger partial charge >= 0.3 is 0 Å². The van der Waals surface area contributed by atoms with Crippen molar-refractivity contribution in [3.8, 4) is 0 Å². The van der Waals surface area contributed by atoms with Gasteiger partial charge in [-0.15, -0.1) is 0 Å². The molecule has 20 heavy (non-hydrogen) atoms. The molecule has 1 fully saturated rings. The highest BCUT2D eigenvalue weighted by molar-refractivity contribution is 7.89. The lowest BCUT2D eigenvalue weighted by Gasteiger charge is -2.33. The summed E-state index contributed by atoms with van der Waals surface area (Å²) in [5, 5.41) is 22.8. The van der Waals surface area contributed by atoms with E-state index in [9.17, 15) is 23.6 Å². The van der Waals surface area contributed by atoms with Crippen LogP contribution in [0.15, 0.2) is 29.2 Å². The van der Waals surface area contributed by atoms with Crippen molar-refractivity contribution in [1.29, 1.82) is 0 Å². The van der Waals surface area contributed by atoms with Crippen molar-refractivity contribution < 1.29 is 18.4 Å². The number of hydrogen-bond donors (Lipinski definition) is 2. The molecule has 2 N–H and O–H groups in total. The fourth-order valence-electron chi connectivity index (χ4n) is 2.09. The van der Waals surface area contributed by atoms with E-state index in [4.69, 9.17) is 0 Å². The first-order chi connectivity index (χ1) is 9.46. The molecule has 0 aliphatic carbocycles. The predicted molar refractivity (Wildman–Crippen MR) is 70.7 cm³/mol. The maximum absolute atomic E-state index is 12.5. The van der Waals surface area contributed by atoms with Crippen LogP contribution in [-0.4, -0.2) is 55.0 Å². The number of aliphatic hydroxyl groups is 1. The van der Waals surface area contributed by atoms with Crippen LogP contribution in [0.1, 0.15) is 0 Å². The number of piperazine rings is 1. The zero-order valence-electron chi connectivity index (χ0n) is 10.6. The molecule has 1 aromatic carbocycles. The number of nitrogens with zero attached hydrogens (tertiary/aromatic N) is 2. The molecule has 1 aliphatic rings. The molecule has 0 radical (unpaired) electrons. The van der Waals surface area contributed by atoms with Gasteiger partial charge in [-0.1, -0.05) is 0 Å². The van der Waals surface area contributed by atoms with Gasteiger partial charge in [0.05, 0.1) is 22.5 Å². The zero-order chi connectivity index (χ0) is 14.8. The summed E-state index contributed by atoms with van der Waals surface area (Å²) in [6.07, 6.45) is 0. The molecule has 1 heterocycles. The van der Waals surface area contributed by atoms with Gasteiger partial charge in [0.2, 0.25) is 10.0 Å². The second-order valence-corrected chi connectivity index (χ2v) is 6.30. The van der Waals surface area contributed by atoms with Crippen LogP contribution in [0.4, 0.5) is 5.69 Å². The van der Waals surface area contributed by atoms with Crippen molar-refractivity contribution in [2.45, 2.75) is 10.9 Å². The molecule has 1 aliphatic heterocycles. The van der Waals surface area contributed by atoms with E-state index in [0.717, 1.165) is 12.1 Å². The fourth-order valence-corrected chi connectivity index (χ4v) is 3.71. The van der Waals surface area contributed by atoms with Crippen LogP contribution in [0, 0.1) is 10.1 Å². The number of benzene rings is 1. The Kier molecular flexibility index (Phi) is 4.33. The number of non-ortho nitro benzene ring substituents is 1. The summed E-state index contributed by atoms with van der Waals surface area (Å²) in [7, 11) is -3.76. The molecule has 110 valence electrons. The number of nitrogens with one attached hydrogen (secondary N) is 1. The van der Waals surface area contributed by atoms with Gasteiger partial charge in [-0.25, -0.2) is 8.42 Å². The molecule has 1 aromatic rings. The Balaban J connectivity index is 2.31. The first-order valence-corrected chi connectivity index (χ1v) is 7.48. The maximum atomic E-state index is 12.5. The SMILES string of the molecule is O=[N+]([O-])c1ccc(S(=O)(=O)N2CCNC[C@H]2CO)cc1. The molecule has 9 heteroatoms. The Labute approximate surface area is 116 Å². The summed E-state index contributed by atoms with van der Waals surface area (Å²) in [6.45, 7) is 0.856. The van der Waals surface area contributed by atoms with Crippen molar-refractivity contribution in [3.05, 3.63) is 34.4 Å². The average molecular weight is 301 g/mol. The number of aliphatic hydroxyl groups excluding tert-OH is 1. The summed E-state index contributed by atoms with van der Waals surface area (Å²) in [6, 6.07) is 4.21. The minimum absolute atomic E-state index is 0.0107. The van der Waals surface area contributed by atoms with Crippen molar-refractivity contribution in [3.63, 3.8) is 0 Å². The lowest BCUT2D eigenvalue weighted by molar-refractivity contribution is -0.384. The van der Waals surface area contributed by atoms with Crippen molar-refractivity contribution in [2.24, 2.45) is 0 Å². The van der Waals surface area contributed by atoms with E-state index < -0.39 is 21.0 Å². The molecule has 0 unspecified atom stereocenters. The minimum atomic E-state index is -3.76. The van der Waals surface area contributed by atoms with Gasteiger partial charge in [0.1, 0.15) is 0 Å². The number of nitro benzene ring substituents is 1. The molecule has 0 aromatic heterocycles. The molecule has 0 spiro atoms. The Bertz CT molecular complexity index is 587. The third kappa shape index (κ3) is 2.80. The Hall–Kier alpha value is -1.55. The summed E-state index contributed by atoms with van der Waals surface area (Å²) in [5.41, 5.74) is -0.164. The van der Waals surface area contributed by atoms with Gasteiger partial charge in [-0.3, -0.25) is 10.1 Å². The van der Waals surface area contributed by atoms with Crippen LogP contribution in [0.25, 0.3) is 0 Å². The zero-order valence-corrected chi connectivity index (χ0v) is 11.4. The van der Waals surface area contributed by atoms with Gasteiger partial charge < -0.3 is 10.4 Å². The summed E-state index contributed by atoms with van der Waals surface area (Å²) in [4.78, 5) is 9.97. The average Bonchev–Trinajstić information content (AvgIpc) is 2.47. The highest BCUT2D eigenvalue weighted by Gasteiger charge is 2.33. The maximum Gasteiger partial charge on any atom is 0.269 e. The normalized spacial score (nSPS) is 20.8. The van der Waals surface area contributed by atoms with E-state index in [2.05, 4.69) is 5.32 Å². The summed E-state index contributed by atoms with van der Waals surface area (Å²) < 4.78 is 26.1. The number of hydrogen-bond acceptors (Lipinski definition) is 6. The van der Waals surface area contributed by atoms with Crippen LogP contribution >= 0.6 is 0 Å². The Morgan fingerprint density at radius 2 is 2.05 bits per heavy atom. The van der Waals surface area contributed by atoms with E-state index in [0.29, 0.717) is 13.1 Å². The lowest BCUT2D eigenvalue weighted by Crippen LogP contribution is -2.54. The first-order valence-electron chi connectivity index (χ1n) is 6.04. The van der Waals surface area contributed by atoms with Crippen LogP contribution in [0.2, 0.25) is 0 Å². The fraction of sp³-hybridized carbons (Fsp3) is 0.455.